The summed E-state index contributed by atoms with van der Waals surface area (Å²) in [6, 6.07) is 12.6. The minimum absolute atomic E-state index is 0.175. The molecule has 5 nitrogen and oxygen atoms in total. The second-order valence-corrected chi connectivity index (χ2v) is 7.16. The van der Waals surface area contributed by atoms with Gasteiger partial charge in [-0.25, -0.2) is 0 Å². The van der Waals surface area contributed by atoms with Gasteiger partial charge in [-0.2, -0.15) is 0 Å². The Morgan fingerprint density at radius 1 is 1.12 bits per heavy atom. The third-order valence-corrected chi connectivity index (χ3v) is 4.55. The summed E-state index contributed by atoms with van der Waals surface area (Å²) in [5.74, 6) is 1.52. The van der Waals surface area contributed by atoms with Crippen molar-refractivity contribution in [3.63, 3.8) is 0 Å². The molecular formula is C19H23NO4S. The van der Waals surface area contributed by atoms with Gasteiger partial charge in [0.2, 0.25) is 0 Å². The lowest BCUT2D eigenvalue weighted by atomic mass is 10.1. The van der Waals surface area contributed by atoms with Crippen LogP contribution in [0.3, 0.4) is 0 Å². The zero-order valence-electron chi connectivity index (χ0n) is 14.9. The topological polar surface area (TPSA) is 64.6 Å². The quantitative estimate of drug-likeness (QED) is 0.823. The van der Waals surface area contributed by atoms with E-state index >= 15 is 0 Å². The normalized spacial score (nSPS) is 13.0. The second-order valence-electron chi connectivity index (χ2n) is 5.73. The van der Waals surface area contributed by atoms with Crippen molar-refractivity contribution in [2.24, 2.45) is 0 Å². The minimum Gasteiger partial charge on any atom is -0.493 e. The van der Waals surface area contributed by atoms with Gasteiger partial charge in [0.1, 0.15) is 0 Å². The molecule has 1 N–H and O–H groups in total. The Morgan fingerprint density at radius 2 is 1.84 bits per heavy atom. The number of hydrogen-bond acceptors (Lipinski definition) is 4. The lowest BCUT2D eigenvalue weighted by molar-refractivity contribution is 0.0939. The van der Waals surface area contributed by atoms with E-state index in [2.05, 4.69) is 5.32 Å². The summed E-state index contributed by atoms with van der Waals surface area (Å²) in [4.78, 5) is 12.5. The van der Waals surface area contributed by atoms with E-state index in [1.165, 1.54) is 0 Å². The van der Waals surface area contributed by atoms with Crippen molar-refractivity contribution in [1.82, 2.24) is 5.32 Å². The summed E-state index contributed by atoms with van der Waals surface area (Å²) >= 11 is 0. The van der Waals surface area contributed by atoms with Crippen LogP contribution in [0.1, 0.15) is 34.5 Å². The average molecular weight is 361 g/mol. The van der Waals surface area contributed by atoms with Crippen molar-refractivity contribution < 1.29 is 18.5 Å². The lowest BCUT2D eigenvalue weighted by Crippen LogP contribution is -2.26. The highest BCUT2D eigenvalue weighted by molar-refractivity contribution is 7.83. The number of rotatable bonds is 7. The highest BCUT2D eigenvalue weighted by atomic mass is 32.2. The van der Waals surface area contributed by atoms with Crippen molar-refractivity contribution in [3.05, 3.63) is 59.2 Å². The SMILES string of the molecule is COc1ccc(C(C)NC(=O)c2cccc(CS(C)=O)c2)cc1OC. The van der Waals surface area contributed by atoms with Gasteiger partial charge in [-0.15, -0.1) is 0 Å². The van der Waals surface area contributed by atoms with Crippen molar-refractivity contribution in [2.45, 2.75) is 18.7 Å². The number of ether oxygens (including phenoxy) is 2. The molecule has 0 aliphatic heterocycles. The number of nitrogens with one attached hydrogen (secondary N) is 1. The van der Waals surface area contributed by atoms with Crippen LogP contribution in [-0.2, 0) is 16.6 Å². The van der Waals surface area contributed by atoms with E-state index in [-0.39, 0.29) is 11.9 Å². The third-order valence-electron chi connectivity index (χ3n) is 3.81. The minimum atomic E-state index is -0.943. The van der Waals surface area contributed by atoms with Crippen LogP contribution in [0.4, 0.5) is 0 Å². The first-order chi connectivity index (χ1) is 11.9. The molecule has 6 heteroatoms. The molecule has 0 aliphatic carbocycles. The molecule has 2 atom stereocenters. The fourth-order valence-corrected chi connectivity index (χ4v) is 3.17. The van der Waals surface area contributed by atoms with Gasteiger partial charge < -0.3 is 14.8 Å². The van der Waals surface area contributed by atoms with E-state index in [0.29, 0.717) is 22.8 Å². The predicted octanol–water partition coefficient (Wildman–Crippen LogP) is 3.07. The Kier molecular flexibility index (Phi) is 6.58. The van der Waals surface area contributed by atoms with E-state index < -0.39 is 10.8 Å². The van der Waals surface area contributed by atoms with Crippen LogP contribution in [0.5, 0.6) is 11.5 Å². The Morgan fingerprint density at radius 3 is 2.48 bits per heavy atom. The largest absolute Gasteiger partial charge is 0.493 e. The Balaban J connectivity index is 2.13. The van der Waals surface area contributed by atoms with Crippen LogP contribution in [0.25, 0.3) is 0 Å². The van der Waals surface area contributed by atoms with E-state index in [1.807, 2.05) is 31.2 Å². The standard InChI is InChI=1S/C19H23NO4S/c1-13(15-8-9-17(23-2)18(11-15)24-3)20-19(21)16-7-5-6-14(10-16)12-25(4)22/h5-11,13H,12H2,1-4H3,(H,20,21). The zero-order chi connectivity index (χ0) is 18.4. The second kappa shape index (κ2) is 8.67. The van der Waals surface area contributed by atoms with Crippen molar-refractivity contribution >= 4 is 16.7 Å². The fraction of sp³-hybridized carbons (Fsp3) is 0.316. The van der Waals surface area contributed by atoms with Gasteiger partial charge in [-0.3, -0.25) is 9.00 Å². The molecule has 0 spiro atoms. The molecule has 2 unspecified atom stereocenters. The molecule has 0 aromatic heterocycles. The highest BCUT2D eigenvalue weighted by Gasteiger charge is 2.14. The van der Waals surface area contributed by atoms with E-state index in [9.17, 15) is 9.00 Å². The molecule has 0 saturated heterocycles. The van der Waals surface area contributed by atoms with Gasteiger partial charge in [0.05, 0.1) is 20.3 Å². The van der Waals surface area contributed by atoms with Crippen LogP contribution >= 0.6 is 0 Å². The van der Waals surface area contributed by atoms with Crippen LogP contribution in [0, 0.1) is 0 Å². The molecule has 2 rings (SSSR count). The lowest BCUT2D eigenvalue weighted by Gasteiger charge is -2.17. The van der Waals surface area contributed by atoms with Crippen LogP contribution in [0.15, 0.2) is 42.5 Å². The molecule has 2 aromatic carbocycles. The summed E-state index contributed by atoms with van der Waals surface area (Å²) in [6.07, 6.45) is 1.64. The van der Waals surface area contributed by atoms with Crippen molar-refractivity contribution in [2.75, 3.05) is 20.5 Å². The maximum atomic E-state index is 12.5. The predicted molar refractivity (Wildman–Crippen MR) is 99.6 cm³/mol. The first kappa shape index (κ1) is 19.0. The van der Waals surface area contributed by atoms with Gasteiger partial charge in [-0.1, -0.05) is 18.2 Å². The fourth-order valence-electron chi connectivity index (χ4n) is 2.52. The van der Waals surface area contributed by atoms with Gasteiger partial charge in [0.15, 0.2) is 11.5 Å². The van der Waals surface area contributed by atoms with E-state index in [1.54, 1.807) is 38.7 Å². The molecule has 0 fully saturated rings. The maximum Gasteiger partial charge on any atom is 0.251 e. The summed E-state index contributed by atoms with van der Waals surface area (Å²) in [7, 11) is 2.22. The van der Waals surface area contributed by atoms with Gasteiger partial charge in [0, 0.05) is 28.4 Å². The Hall–Kier alpha value is -2.34. The number of carbonyl (C=O) groups is 1. The number of hydrogen-bond donors (Lipinski definition) is 1. The monoisotopic (exact) mass is 361 g/mol. The maximum absolute atomic E-state index is 12.5. The zero-order valence-corrected chi connectivity index (χ0v) is 15.7. The van der Waals surface area contributed by atoms with Gasteiger partial charge in [0.25, 0.3) is 5.91 Å². The van der Waals surface area contributed by atoms with E-state index in [4.69, 9.17) is 9.47 Å². The molecule has 25 heavy (non-hydrogen) atoms. The number of amides is 1. The molecule has 134 valence electrons. The summed E-state index contributed by atoms with van der Waals surface area (Å²) in [5, 5.41) is 2.97. The molecule has 0 bridgehead atoms. The summed E-state index contributed by atoms with van der Waals surface area (Å²) in [5.41, 5.74) is 2.35. The van der Waals surface area contributed by atoms with E-state index in [0.717, 1.165) is 11.1 Å². The van der Waals surface area contributed by atoms with Crippen LogP contribution < -0.4 is 14.8 Å². The molecule has 0 radical (unpaired) electrons. The van der Waals surface area contributed by atoms with Crippen molar-refractivity contribution in [3.8, 4) is 11.5 Å². The third kappa shape index (κ3) is 5.06. The first-order valence-electron chi connectivity index (χ1n) is 7.86. The summed E-state index contributed by atoms with van der Waals surface area (Å²) < 4.78 is 21.9. The molecule has 0 saturated carbocycles. The molecule has 0 aliphatic rings. The Labute approximate surface area is 150 Å². The van der Waals surface area contributed by atoms with Crippen molar-refractivity contribution in [1.29, 1.82) is 0 Å². The average Bonchev–Trinajstić information content (AvgIpc) is 2.60. The first-order valence-corrected chi connectivity index (χ1v) is 9.59. The van der Waals surface area contributed by atoms with Crippen LogP contribution in [0.2, 0.25) is 0 Å². The molecular weight excluding hydrogens is 338 g/mol. The smallest absolute Gasteiger partial charge is 0.251 e. The Bertz CT molecular complexity index is 776. The van der Waals surface area contributed by atoms with Gasteiger partial charge in [-0.05, 0) is 42.3 Å². The number of carbonyl (C=O) groups excluding carboxylic acids is 1. The molecule has 1 amide bonds. The summed E-state index contributed by atoms with van der Waals surface area (Å²) in [6.45, 7) is 1.91. The highest BCUT2D eigenvalue weighted by Crippen LogP contribution is 2.29. The molecule has 2 aromatic rings. The number of methoxy groups -OCH3 is 2. The molecule has 0 heterocycles. The number of benzene rings is 2. The van der Waals surface area contributed by atoms with Gasteiger partial charge >= 0.3 is 0 Å². The van der Waals surface area contributed by atoms with Crippen LogP contribution in [-0.4, -0.2) is 30.6 Å².